The third kappa shape index (κ3) is 3.87. The van der Waals surface area contributed by atoms with Crippen LogP contribution >= 0.6 is 0 Å². The summed E-state index contributed by atoms with van der Waals surface area (Å²) in [5.74, 6) is -1.67. The zero-order valence-electron chi connectivity index (χ0n) is 14.2. The molecule has 1 aromatic heterocycles. The van der Waals surface area contributed by atoms with Crippen LogP contribution in [0.3, 0.4) is 0 Å². The smallest absolute Gasteiger partial charge is 0.334 e. The molecule has 0 fully saturated rings. The van der Waals surface area contributed by atoms with Crippen LogP contribution < -0.4 is 0 Å². The van der Waals surface area contributed by atoms with E-state index in [1.54, 1.807) is 0 Å². The van der Waals surface area contributed by atoms with Crippen molar-refractivity contribution in [3.8, 4) is 22.5 Å². The minimum absolute atomic E-state index is 0.00229. The van der Waals surface area contributed by atoms with Crippen LogP contribution in [0.25, 0.3) is 22.5 Å². The van der Waals surface area contributed by atoms with E-state index < -0.39 is 27.7 Å². The summed E-state index contributed by atoms with van der Waals surface area (Å²) in [6, 6.07) is 9.29. The number of nitrogens with one attached hydrogen (secondary N) is 1. The van der Waals surface area contributed by atoms with E-state index in [4.69, 9.17) is 0 Å². The lowest BCUT2D eigenvalue weighted by Gasteiger charge is -2.06. The molecule has 2 aromatic carbocycles. The number of nitrogens with zero attached hydrogens (tertiary/aromatic N) is 1. The molecule has 0 saturated heterocycles. The van der Waals surface area contributed by atoms with Gasteiger partial charge in [-0.25, -0.2) is 17.8 Å². The minimum Gasteiger partial charge on any atom is -0.334 e. The lowest BCUT2D eigenvalue weighted by Crippen LogP contribution is -2.07. The van der Waals surface area contributed by atoms with E-state index in [2.05, 4.69) is 9.97 Å². The molecule has 27 heavy (non-hydrogen) atoms. The molecule has 0 aliphatic heterocycles. The topological polar surface area (TPSA) is 62.8 Å². The predicted molar refractivity (Wildman–Crippen MR) is 92.3 cm³/mol. The average molecular weight is 398 g/mol. The molecule has 3 aromatic rings. The number of hydrogen-bond acceptors (Lipinski definition) is 3. The highest BCUT2D eigenvalue weighted by atomic mass is 32.2. The first kappa shape index (κ1) is 19.1. The number of imidazole rings is 1. The Bertz CT molecular complexity index is 1100. The molecule has 0 aliphatic rings. The van der Waals surface area contributed by atoms with Crippen LogP contribution in [0.1, 0.15) is 11.4 Å². The van der Waals surface area contributed by atoms with Crippen LogP contribution in [-0.2, 0) is 16.0 Å². The molecule has 0 unspecified atom stereocenters. The molecule has 0 amide bonds. The highest BCUT2D eigenvalue weighted by molar-refractivity contribution is 7.90. The number of sulfone groups is 1. The van der Waals surface area contributed by atoms with Gasteiger partial charge in [0.05, 0.1) is 16.3 Å². The largest absolute Gasteiger partial charge is 0.449 e. The molecule has 0 radical (unpaired) electrons. The first-order valence-electron chi connectivity index (χ1n) is 7.71. The molecule has 4 nitrogen and oxygen atoms in total. The number of aromatic nitrogens is 2. The van der Waals surface area contributed by atoms with E-state index in [-0.39, 0.29) is 21.8 Å². The maximum atomic E-state index is 13.5. The molecule has 1 N–H and O–H groups in total. The Balaban J connectivity index is 2.19. The molecule has 142 valence electrons. The Labute approximate surface area is 152 Å². The van der Waals surface area contributed by atoms with E-state index in [9.17, 15) is 26.0 Å². The molecule has 0 bridgehead atoms. The quantitative estimate of drug-likeness (QED) is 0.655. The summed E-state index contributed by atoms with van der Waals surface area (Å²) >= 11 is 0. The van der Waals surface area contributed by atoms with Crippen molar-refractivity contribution in [3.05, 3.63) is 59.7 Å². The molecule has 0 saturated carbocycles. The SMILES string of the molecule is Cc1cc(-c2nc(C(F)(F)F)[nH]c2-c2ccc(S(C)(=O)=O)cc2)ccc1F. The summed E-state index contributed by atoms with van der Waals surface area (Å²) in [5.41, 5.74) is 0.957. The van der Waals surface area contributed by atoms with Gasteiger partial charge >= 0.3 is 6.18 Å². The van der Waals surface area contributed by atoms with Crippen molar-refractivity contribution in [2.24, 2.45) is 0 Å². The van der Waals surface area contributed by atoms with Gasteiger partial charge in [0, 0.05) is 17.4 Å². The maximum Gasteiger partial charge on any atom is 0.449 e. The van der Waals surface area contributed by atoms with Gasteiger partial charge in [0.15, 0.2) is 9.84 Å². The van der Waals surface area contributed by atoms with Gasteiger partial charge in [-0.3, -0.25) is 0 Å². The van der Waals surface area contributed by atoms with Crippen LogP contribution in [0.15, 0.2) is 47.4 Å². The Kier molecular flexibility index (Phi) is 4.59. The standard InChI is InChI=1S/C18H14F4N2O2S/c1-10-9-12(5-8-14(10)19)16-15(23-17(24-16)18(20,21)22)11-3-6-13(7-4-11)27(2,25)26/h3-9H,1-2H3,(H,23,24). The monoisotopic (exact) mass is 398 g/mol. The van der Waals surface area contributed by atoms with Crippen molar-refractivity contribution in [3.63, 3.8) is 0 Å². The van der Waals surface area contributed by atoms with Crippen molar-refractivity contribution in [2.45, 2.75) is 18.0 Å². The van der Waals surface area contributed by atoms with E-state index in [0.717, 1.165) is 12.3 Å². The lowest BCUT2D eigenvalue weighted by molar-refractivity contribution is -0.144. The van der Waals surface area contributed by atoms with Gasteiger partial charge in [0.25, 0.3) is 0 Å². The van der Waals surface area contributed by atoms with Crippen LogP contribution in [-0.4, -0.2) is 24.6 Å². The fraction of sp³-hybridized carbons (Fsp3) is 0.167. The Morgan fingerprint density at radius 1 is 1.00 bits per heavy atom. The Hall–Kier alpha value is -2.68. The number of hydrogen-bond donors (Lipinski definition) is 1. The number of aromatic amines is 1. The van der Waals surface area contributed by atoms with E-state index in [1.807, 2.05) is 0 Å². The second kappa shape index (κ2) is 6.49. The minimum atomic E-state index is -4.70. The molecule has 9 heteroatoms. The molecule has 3 rings (SSSR count). The number of benzene rings is 2. The summed E-state index contributed by atoms with van der Waals surface area (Å²) < 4.78 is 76.1. The third-order valence-electron chi connectivity index (χ3n) is 3.97. The van der Waals surface area contributed by atoms with Crippen molar-refractivity contribution >= 4 is 9.84 Å². The summed E-state index contributed by atoms with van der Waals surface area (Å²) in [6.45, 7) is 1.50. The summed E-state index contributed by atoms with van der Waals surface area (Å²) in [5, 5.41) is 0. The van der Waals surface area contributed by atoms with Crippen LogP contribution in [0.4, 0.5) is 17.6 Å². The summed E-state index contributed by atoms with van der Waals surface area (Å²) in [7, 11) is -3.44. The second-order valence-electron chi connectivity index (χ2n) is 6.07. The molecule has 0 aliphatic carbocycles. The van der Waals surface area contributed by atoms with Crippen molar-refractivity contribution in [2.75, 3.05) is 6.26 Å². The number of H-pyrrole nitrogens is 1. The molecule has 0 spiro atoms. The van der Waals surface area contributed by atoms with Crippen molar-refractivity contribution in [1.29, 1.82) is 0 Å². The first-order chi connectivity index (χ1) is 12.5. The van der Waals surface area contributed by atoms with Crippen LogP contribution in [0.2, 0.25) is 0 Å². The number of rotatable bonds is 3. The van der Waals surface area contributed by atoms with Gasteiger partial charge in [0.2, 0.25) is 5.82 Å². The molecular formula is C18H14F4N2O2S. The van der Waals surface area contributed by atoms with Crippen LogP contribution in [0, 0.1) is 12.7 Å². The molecule has 0 atom stereocenters. The Morgan fingerprint density at radius 2 is 1.59 bits per heavy atom. The third-order valence-corrected chi connectivity index (χ3v) is 5.10. The zero-order valence-corrected chi connectivity index (χ0v) is 15.0. The normalized spacial score (nSPS) is 12.4. The van der Waals surface area contributed by atoms with Gasteiger partial charge in [-0.2, -0.15) is 13.2 Å². The fourth-order valence-electron chi connectivity index (χ4n) is 2.59. The average Bonchev–Trinajstić information content (AvgIpc) is 3.02. The number of halogens is 4. The van der Waals surface area contributed by atoms with Gasteiger partial charge in [-0.05, 0) is 42.8 Å². The van der Waals surface area contributed by atoms with E-state index >= 15 is 0 Å². The molecule has 1 heterocycles. The second-order valence-corrected chi connectivity index (χ2v) is 8.08. The maximum absolute atomic E-state index is 13.5. The summed E-state index contributed by atoms with van der Waals surface area (Å²) in [4.78, 5) is 5.94. The fourth-order valence-corrected chi connectivity index (χ4v) is 3.22. The Morgan fingerprint density at radius 3 is 2.11 bits per heavy atom. The highest BCUT2D eigenvalue weighted by Crippen LogP contribution is 2.36. The summed E-state index contributed by atoms with van der Waals surface area (Å²) in [6.07, 6.45) is -3.67. The van der Waals surface area contributed by atoms with E-state index in [1.165, 1.54) is 43.3 Å². The van der Waals surface area contributed by atoms with Crippen molar-refractivity contribution < 1.29 is 26.0 Å². The lowest BCUT2D eigenvalue weighted by atomic mass is 10.0. The van der Waals surface area contributed by atoms with Gasteiger partial charge in [-0.1, -0.05) is 12.1 Å². The van der Waals surface area contributed by atoms with Gasteiger partial charge in [-0.15, -0.1) is 0 Å². The molecular weight excluding hydrogens is 384 g/mol. The first-order valence-corrected chi connectivity index (χ1v) is 9.60. The van der Waals surface area contributed by atoms with Crippen LogP contribution in [0.5, 0.6) is 0 Å². The van der Waals surface area contributed by atoms with Gasteiger partial charge < -0.3 is 4.98 Å². The predicted octanol–water partition coefficient (Wildman–Crippen LogP) is 4.61. The van der Waals surface area contributed by atoms with Crippen molar-refractivity contribution in [1.82, 2.24) is 9.97 Å². The zero-order chi connectivity index (χ0) is 20.0. The highest BCUT2D eigenvalue weighted by Gasteiger charge is 2.36. The number of alkyl halides is 3. The van der Waals surface area contributed by atoms with Gasteiger partial charge in [0.1, 0.15) is 5.82 Å². The van der Waals surface area contributed by atoms with E-state index in [0.29, 0.717) is 11.1 Å². The number of aryl methyl sites for hydroxylation is 1.